The minimum absolute atomic E-state index is 0.00600. The molecule has 0 saturated carbocycles. The van der Waals surface area contributed by atoms with Crippen LogP contribution in [0.2, 0.25) is 0 Å². The van der Waals surface area contributed by atoms with Crippen molar-refractivity contribution < 1.29 is 23.9 Å². The van der Waals surface area contributed by atoms with Gasteiger partial charge in [0.1, 0.15) is 12.3 Å². The maximum atomic E-state index is 13.3. The minimum Gasteiger partial charge on any atom is -0.466 e. The average Bonchev–Trinajstić information content (AvgIpc) is 3.26. The summed E-state index contributed by atoms with van der Waals surface area (Å²) in [6.07, 6.45) is 1.19. The van der Waals surface area contributed by atoms with Gasteiger partial charge in [-0.15, -0.1) is 0 Å². The second-order valence-electron chi connectivity index (χ2n) is 7.53. The number of nitrogens with one attached hydrogen (secondary N) is 1. The maximum absolute atomic E-state index is 13.3. The average molecular weight is 447 g/mol. The van der Waals surface area contributed by atoms with Crippen LogP contribution in [-0.2, 0) is 20.9 Å². The molecule has 0 radical (unpaired) electrons. The summed E-state index contributed by atoms with van der Waals surface area (Å²) >= 11 is 0. The van der Waals surface area contributed by atoms with Gasteiger partial charge in [0, 0.05) is 18.4 Å². The van der Waals surface area contributed by atoms with Crippen molar-refractivity contribution in [2.24, 2.45) is 0 Å². The molecule has 8 nitrogen and oxygen atoms in total. The van der Waals surface area contributed by atoms with Gasteiger partial charge in [-0.25, -0.2) is 4.79 Å². The molecule has 33 heavy (non-hydrogen) atoms. The Balaban J connectivity index is 1.56. The van der Waals surface area contributed by atoms with E-state index >= 15 is 0 Å². The van der Waals surface area contributed by atoms with Crippen LogP contribution >= 0.6 is 0 Å². The fourth-order valence-corrected chi connectivity index (χ4v) is 3.95. The molecule has 0 bridgehead atoms. The third kappa shape index (κ3) is 5.06. The van der Waals surface area contributed by atoms with Crippen molar-refractivity contribution in [3.8, 4) is 11.4 Å². The van der Waals surface area contributed by atoms with Gasteiger partial charge >= 0.3 is 12.1 Å². The highest BCUT2D eigenvalue weighted by atomic mass is 16.6. The van der Waals surface area contributed by atoms with E-state index in [4.69, 9.17) is 9.47 Å². The quantitative estimate of drug-likeness (QED) is 0.583. The summed E-state index contributed by atoms with van der Waals surface area (Å²) in [5, 5.41) is 2.51. The van der Waals surface area contributed by atoms with Gasteiger partial charge in [-0.05, 0) is 42.8 Å². The van der Waals surface area contributed by atoms with Crippen LogP contribution < -0.4 is 10.1 Å². The van der Waals surface area contributed by atoms with E-state index < -0.39 is 18.1 Å². The van der Waals surface area contributed by atoms with Gasteiger partial charge in [0.2, 0.25) is 5.91 Å². The fourth-order valence-electron chi connectivity index (χ4n) is 3.95. The zero-order chi connectivity index (χ0) is 23.2. The summed E-state index contributed by atoms with van der Waals surface area (Å²) in [5.41, 5.74) is 2.67. The second kappa shape index (κ2) is 10.0. The van der Waals surface area contributed by atoms with Gasteiger partial charge in [-0.2, -0.15) is 0 Å². The van der Waals surface area contributed by atoms with Crippen LogP contribution in [0.5, 0.6) is 5.75 Å². The normalized spacial score (nSPS) is 14.5. The number of hydrogen-bond donors (Lipinski definition) is 1. The molecule has 1 N–H and O–H groups in total. The van der Waals surface area contributed by atoms with Crippen LogP contribution in [0.4, 0.5) is 4.79 Å². The number of ether oxygens (including phenoxy) is 2. The van der Waals surface area contributed by atoms with Gasteiger partial charge in [-0.1, -0.05) is 36.4 Å². The van der Waals surface area contributed by atoms with Crippen LogP contribution in [0.3, 0.4) is 0 Å². The van der Waals surface area contributed by atoms with Crippen LogP contribution in [0.1, 0.15) is 30.6 Å². The van der Waals surface area contributed by atoms with E-state index in [0.717, 1.165) is 16.9 Å². The molecule has 0 spiro atoms. The Morgan fingerprint density at radius 2 is 1.76 bits per heavy atom. The molecule has 0 fully saturated rings. The number of para-hydroxylation sites is 2. The van der Waals surface area contributed by atoms with Gasteiger partial charge in [0.05, 0.1) is 24.8 Å². The molecule has 0 aliphatic carbocycles. The number of amides is 2. The molecule has 1 aromatic heterocycles. The molecule has 4 rings (SSSR count). The number of carbonyl (C=O) groups excluding carboxylic acids is 3. The molecule has 1 aliphatic rings. The van der Waals surface area contributed by atoms with E-state index in [9.17, 15) is 14.4 Å². The minimum atomic E-state index is -0.727. The van der Waals surface area contributed by atoms with Crippen molar-refractivity contribution in [2.75, 3.05) is 13.2 Å². The van der Waals surface area contributed by atoms with Crippen molar-refractivity contribution in [3.63, 3.8) is 0 Å². The Morgan fingerprint density at radius 3 is 2.55 bits per heavy atom. The largest absolute Gasteiger partial charge is 0.466 e. The topological polar surface area (TPSA) is 89.9 Å². The Labute approximate surface area is 191 Å². The van der Waals surface area contributed by atoms with Crippen molar-refractivity contribution in [3.05, 3.63) is 84.2 Å². The van der Waals surface area contributed by atoms with Crippen LogP contribution in [-0.4, -0.2) is 40.6 Å². The van der Waals surface area contributed by atoms with Crippen molar-refractivity contribution in [1.29, 1.82) is 0 Å². The van der Waals surface area contributed by atoms with Gasteiger partial charge < -0.3 is 24.3 Å². The Kier molecular flexibility index (Phi) is 6.73. The molecule has 2 heterocycles. The first kappa shape index (κ1) is 22.1. The predicted octanol–water partition coefficient (Wildman–Crippen LogP) is 3.60. The Morgan fingerprint density at radius 1 is 1.00 bits per heavy atom. The van der Waals surface area contributed by atoms with Crippen LogP contribution in [0, 0.1) is 0 Å². The van der Waals surface area contributed by atoms with E-state index in [-0.39, 0.29) is 32.0 Å². The van der Waals surface area contributed by atoms with Gasteiger partial charge in [0.25, 0.3) is 0 Å². The lowest BCUT2D eigenvalue weighted by Crippen LogP contribution is -2.42. The summed E-state index contributed by atoms with van der Waals surface area (Å²) in [6.45, 7) is 2.02. The lowest BCUT2D eigenvalue weighted by Gasteiger charge is -2.30. The number of benzene rings is 2. The summed E-state index contributed by atoms with van der Waals surface area (Å²) < 4.78 is 12.4. The van der Waals surface area contributed by atoms with E-state index in [2.05, 4.69) is 5.32 Å². The fraction of sp³-hybridized carbons (Fsp3) is 0.240. The zero-order valence-electron chi connectivity index (χ0n) is 18.3. The van der Waals surface area contributed by atoms with Gasteiger partial charge in [-0.3, -0.25) is 9.59 Å². The molecule has 1 unspecified atom stereocenters. The molecule has 2 amide bonds. The third-order valence-electron chi connectivity index (χ3n) is 5.41. The lowest BCUT2D eigenvalue weighted by atomic mass is 10.1. The number of fused-ring (bicyclic) bond motifs is 3. The monoisotopic (exact) mass is 447 g/mol. The first-order valence-electron chi connectivity index (χ1n) is 10.8. The molecule has 170 valence electrons. The maximum Gasteiger partial charge on any atom is 0.413 e. The smallest absolute Gasteiger partial charge is 0.413 e. The van der Waals surface area contributed by atoms with Crippen molar-refractivity contribution in [1.82, 2.24) is 14.8 Å². The first-order chi connectivity index (χ1) is 16.1. The zero-order valence-corrected chi connectivity index (χ0v) is 18.3. The Hall–Kier alpha value is -4.07. The number of rotatable bonds is 6. The summed E-state index contributed by atoms with van der Waals surface area (Å²) in [6, 6.07) is 19.6. The second-order valence-corrected chi connectivity index (χ2v) is 7.53. The van der Waals surface area contributed by atoms with Gasteiger partial charge in [0.15, 0.2) is 0 Å². The number of aromatic nitrogens is 1. The van der Waals surface area contributed by atoms with Crippen molar-refractivity contribution >= 4 is 18.0 Å². The summed E-state index contributed by atoms with van der Waals surface area (Å²) in [5.74, 6) is -0.349. The Bertz CT molecular complexity index is 1140. The molecule has 1 aliphatic heterocycles. The standard InChI is InChI=1S/C25H25N3O5/c1-2-32-24(30)15-22-21-13-8-14-27(21)20-12-7-6-9-18(20)17-28(22)23(29)16-26-25(31)33-19-10-4-3-5-11-19/h3-14,22H,2,15-17H2,1H3,(H,26,31). The van der Waals surface area contributed by atoms with Crippen LogP contribution in [0.15, 0.2) is 72.9 Å². The number of esters is 1. The van der Waals surface area contributed by atoms with E-state index in [1.807, 2.05) is 53.2 Å². The molecule has 0 saturated heterocycles. The molecule has 3 aromatic rings. The molecular weight excluding hydrogens is 422 g/mol. The lowest BCUT2D eigenvalue weighted by molar-refractivity contribution is -0.146. The molecular formula is C25H25N3O5. The van der Waals surface area contributed by atoms with E-state index in [1.165, 1.54) is 0 Å². The third-order valence-corrected chi connectivity index (χ3v) is 5.41. The number of hydrogen-bond acceptors (Lipinski definition) is 5. The van der Waals surface area contributed by atoms with E-state index in [0.29, 0.717) is 5.75 Å². The molecule has 8 heteroatoms. The number of nitrogens with zero attached hydrogens (tertiary/aromatic N) is 2. The summed E-state index contributed by atoms with van der Waals surface area (Å²) in [7, 11) is 0. The first-order valence-corrected chi connectivity index (χ1v) is 10.8. The van der Waals surface area contributed by atoms with Crippen molar-refractivity contribution in [2.45, 2.75) is 25.9 Å². The van der Waals surface area contributed by atoms with E-state index in [1.54, 1.807) is 36.1 Å². The molecule has 2 aromatic carbocycles. The number of carbonyl (C=O) groups is 3. The predicted molar refractivity (Wildman–Crippen MR) is 121 cm³/mol. The van der Waals surface area contributed by atoms with Crippen LogP contribution in [0.25, 0.3) is 5.69 Å². The summed E-state index contributed by atoms with van der Waals surface area (Å²) in [4.78, 5) is 39.5. The SMILES string of the molecule is CCOC(=O)CC1c2cccn2-c2ccccc2CN1C(=O)CNC(=O)Oc1ccccc1. The highest BCUT2D eigenvalue weighted by molar-refractivity contribution is 5.84. The highest BCUT2D eigenvalue weighted by Gasteiger charge is 2.33. The molecule has 1 atom stereocenters. The highest BCUT2D eigenvalue weighted by Crippen LogP contribution is 2.34.